The van der Waals surface area contributed by atoms with E-state index in [9.17, 15) is 9.59 Å². The number of H-pyrrole nitrogens is 1. The molecule has 0 aromatic carbocycles. The van der Waals surface area contributed by atoms with E-state index in [1.54, 1.807) is 7.05 Å². The standard InChI is InChI=1S/C15H25N3O3/c1-8-5-6-11(9(8)2)12(10(3)14(19)16-4)7-13-17-15(20)21-18-13/h8-12H,5-7H2,1-4H3,(H,16,19)(H,17,18,20)/t8-,9-,10?,11+,12?/m1/s1. The quantitative estimate of drug-likeness (QED) is 0.863. The SMILES string of the molecule is CNC(=O)C(C)C(Cc1noc(=O)[nH]1)[C@H]1CC[C@@H](C)[C@H]1C. The van der Waals surface area contributed by atoms with Crippen molar-refractivity contribution in [2.75, 3.05) is 7.05 Å². The molecule has 21 heavy (non-hydrogen) atoms. The van der Waals surface area contributed by atoms with Crippen LogP contribution in [0.3, 0.4) is 0 Å². The van der Waals surface area contributed by atoms with Gasteiger partial charge in [-0.25, -0.2) is 4.79 Å². The van der Waals surface area contributed by atoms with E-state index in [2.05, 4.69) is 33.8 Å². The van der Waals surface area contributed by atoms with Gasteiger partial charge in [0.15, 0.2) is 5.82 Å². The summed E-state index contributed by atoms with van der Waals surface area (Å²) in [5.41, 5.74) is 0. The second-order valence-corrected chi connectivity index (χ2v) is 6.39. The number of carbonyl (C=O) groups is 1. The number of nitrogens with one attached hydrogen (secondary N) is 2. The predicted octanol–water partition coefficient (Wildman–Crippen LogP) is 1.59. The fourth-order valence-electron chi connectivity index (χ4n) is 3.70. The Kier molecular flexibility index (Phi) is 4.85. The van der Waals surface area contributed by atoms with E-state index in [-0.39, 0.29) is 17.7 Å². The van der Waals surface area contributed by atoms with Crippen LogP contribution in [-0.4, -0.2) is 23.1 Å². The largest absolute Gasteiger partial charge is 0.438 e. The molecule has 1 aliphatic rings. The third-order valence-corrected chi connectivity index (χ3v) is 5.29. The maximum atomic E-state index is 12.1. The number of hydrogen-bond acceptors (Lipinski definition) is 4. The molecule has 118 valence electrons. The predicted molar refractivity (Wildman–Crippen MR) is 78.6 cm³/mol. The molecule has 0 spiro atoms. The molecule has 2 N–H and O–H groups in total. The van der Waals surface area contributed by atoms with Gasteiger partial charge in [-0.15, -0.1) is 0 Å². The minimum atomic E-state index is -0.538. The Balaban J connectivity index is 2.21. The summed E-state index contributed by atoms with van der Waals surface area (Å²) in [7, 11) is 1.66. The number of nitrogens with zero attached hydrogens (tertiary/aromatic N) is 1. The summed E-state index contributed by atoms with van der Waals surface area (Å²) in [4.78, 5) is 25.8. The number of carbonyl (C=O) groups excluding carboxylic acids is 1. The molecular weight excluding hydrogens is 270 g/mol. The Hall–Kier alpha value is -1.59. The van der Waals surface area contributed by atoms with Crippen molar-refractivity contribution in [3.8, 4) is 0 Å². The molecule has 1 aromatic heterocycles. The lowest BCUT2D eigenvalue weighted by Gasteiger charge is -2.31. The van der Waals surface area contributed by atoms with Gasteiger partial charge in [-0.2, -0.15) is 0 Å². The number of rotatable bonds is 5. The first-order valence-electron chi connectivity index (χ1n) is 7.70. The lowest BCUT2D eigenvalue weighted by molar-refractivity contribution is -0.126. The summed E-state index contributed by atoms with van der Waals surface area (Å²) in [6.45, 7) is 6.49. The van der Waals surface area contributed by atoms with Crippen molar-refractivity contribution in [3.63, 3.8) is 0 Å². The molecule has 1 heterocycles. The Labute approximate surface area is 124 Å². The van der Waals surface area contributed by atoms with Gasteiger partial charge in [-0.3, -0.25) is 14.3 Å². The summed E-state index contributed by atoms with van der Waals surface area (Å²) in [5, 5.41) is 6.49. The lowest BCUT2D eigenvalue weighted by Crippen LogP contribution is -2.36. The van der Waals surface area contributed by atoms with Gasteiger partial charge in [-0.05, 0) is 30.1 Å². The molecule has 2 unspecified atom stereocenters. The van der Waals surface area contributed by atoms with E-state index in [4.69, 9.17) is 0 Å². The van der Waals surface area contributed by atoms with Crippen LogP contribution in [0.1, 0.15) is 39.4 Å². The van der Waals surface area contributed by atoms with Crippen molar-refractivity contribution in [1.29, 1.82) is 0 Å². The van der Waals surface area contributed by atoms with Gasteiger partial charge in [0.05, 0.1) is 0 Å². The zero-order valence-corrected chi connectivity index (χ0v) is 13.2. The fourth-order valence-corrected chi connectivity index (χ4v) is 3.70. The van der Waals surface area contributed by atoms with Gasteiger partial charge >= 0.3 is 5.76 Å². The first kappa shape index (κ1) is 15.8. The van der Waals surface area contributed by atoms with E-state index in [1.165, 1.54) is 6.42 Å². The van der Waals surface area contributed by atoms with Crippen LogP contribution in [0.2, 0.25) is 0 Å². The van der Waals surface area contributed by atoms with Crippen LogP contribution < -0.4 is 11.1 Å². The normalized spacial score (nSPS) is 28.3. The number of aromatic nitrogens is 2. The van der Waals surface area contributed by atoms with Crippen LogP contribution in [0.5, 0.6) is 0 Å². The van der Waals surface area contributed by atoms with Gasteiger partial charge in [0.2, 0.25) is 5.91 Å². The molecule has 1 fully saturated rings. The molecule has 5 atom stereocenters. The first-order valence-corrected chi connectivity index (χ1v) is 7.70. The highest BCUT2D eigenvalue weighted by molar-refractivity contribution is 5.78. The van der Waals surface area contributed by atoms with E-state index < -0.39 is 5.76 Å². The van der Waals surface area contributed by atoms with E-state index in [0.717, 1.165) is 6.42 Å². The molecule has 0 aliphatic heterocycles. The van der Waals surface area contributed by atoms with Gasteiger partial charge in [-0.1, -0.05) is 32.3 Å². The molecule has 2 rings (SSSR count). The van der Waals surface area contributed by atoms with Crippen LogP contribution in [0, 0.1) is 29.6 Å². The lowest BCUT2D eigenvalue weighted by atomic mass is 9.74. The average molecular weight is 295 g/mol. The minimum Gasteiger partial charge on any atom is -0.359 e. The molecule has 1 aromatic rings. The Morgan fingerprint density at radius 3 is 2.67 bits per heavy atom. The molecule has 0 bridgehead atoms. The molecule has 0 radical (unpaired) electrons. The highest BCUT2D eigenvalue weighted by Gasteiger charge is 2.39. The Morgan fingerprint density at radius 1 is 1.48 bits per heavy atom. The summed E-state index contributed by atoms with van der Waals surface area (Å²) < 4.78 is 4.58. The number of amides is 1. The van der Waals surface area contributed by atoms with Crippen molar-refractivity contribution in [1.82, 2.24) is 15.5 Å². The van der Waals surface area contributed by atoms with Gasteiger partial charge in [0.25, 0.3) is 0 Å². The van der Waals surface area contributed by atoms with Crippen LogP contribution >= 0.6 is 0 Å². The fraction of sp³-hybridized carbons (Fsp3) is 0.800. The topological polar surface area (TPSA) is 88.0 Å². The first-order chi connectivity index (χ1) is 9.93. The van der Waals surface area contributed by atoms with E-state index in [0.29, 0.717) is 30.0 Å². The number of hydrogen-bond donors (Lipinski definition) is 2. The molecule has 1 amide bonds. The third-order valence-electron chi connectivity index (χ3n) is 5.29. The second kappa shape index (κ2) is 6.45. The average Bonchev–Trinajstić information content (AvgIpc) is 3.02. The summed E-state index contributed by atoms with van der Waals surface area (Å²) in [6.07, 6.45) is 2.89. The molecular formula is C15H25N3O3. The van der Waals surface area contributed by atoms with Crippen LogP contribution in [0.4, 0.5) is 0 Å². The second-order valence-electron chi connectivity index (χ2n) is 6.39. The summed E-state index contributed by atoms with van der Waals surface area (Å²) in [6, 6.07) is 0. The smallest absolute Gasteiger partial charge is 0.359 e. The van der Waals surface area contributed by atoms with Crippen LogP contribution in [-0.2, 0) is 11.2 Å². The molecule has 1 aliphatic carbocycles. The monoisotopic (exact) mass is 295 g/mol. The van der Waals surface area contributed by atoms with Crippen molar-refractivity contribution in [2.24, 2.45) is 29.6 Å². The van der Waals surface area contributed by atoms with Crippen molar-refractivity contribution < 1.29 is 9.32 Å². The number of aromatic amines is 1. The van der Waals surface area contributed by atoms with Crippen LogP contribution in [0.15, 0.2) is 9.32 Å². The zero-order valence-electron chi connectivity index (χ0n) is 13.2. The molecule has 6 heteroatoms. The molecule has 1 saturated carbocycles. The van der Waals surface area contributed by atoms with Crippen molar-refractivity contribution in [2.45, 2.75) is 40.0 Å². The van der Waals surface area contributed by atoms with E-state index >= 15 is 0 Å². The highest BCUT2D eigenvalue weighted by atomic mass is 16.5. The maximum absolute atomic E-state index is 12.1. The molecule has 0 saturated heterocycles. The van der Waals surface area contributed by atoms with Crippen molar-refractivity contribution >= 4 is 5.91 Å². The Bertz CT molecular complexity index is 536. The third kappa shape index (κ3) is 3.36. The summed E-state index contributed by atoms with van der Waals surface area (Å²) >= 11 is 0. The molecule has 6 nitrogen and oxygen atoms in total. The van der Waals surface area contributed by atoms with Gasteiger partial charge in [0, 0.05) is 19.4 Å². The van der Waals surface area contributed by atoms with Gasteiger partial charge in [0.1, 0.15) is 0 Å². The Morgan fingerprint density at radius 2 is 2.19 bits per heavy atom. The van der Waals surface area contributed by atoms with E-state index in [1.807, 2.05) is 6.92 Å². The van der Waals surface area contributed by atoms with Crippen molar-refractivity contribution in [3.05, 3.63) is 16.4 Å². The maximum Gasteiger partial charge on any atom is 0.438 e. The van der Waals surface area contributed by atoms with Gasteiger partial charge < -0.3 is 5.32 Å². The summed E-state index contributed by atoms with van der Waals surface area (Å²) in [5.74, 6) is 1.78. The van der Waals surface area contributed by atoms with Crippen LogP contribution in [0.25, 0.3) is 0 Å². The zero-order chi connectivity index (χ0) is 15.6. The minimum absolute atomic E-state index is 0.0394. The highest BCUT2D eigenvalue weighted by Crippen LogP contribution is 2.44.